The van der Waals surface area contributed by atoms with Gasteiger partial charge in [0.2, 0.25) is 21.8 Å². The molecule has 0 spiro atoms. The van der Waals surface area contributed by atoms with E-state index in [1.54, 1.807) is 35.2 Å². The fraction of sp³-hybridized carbons (Fsp3) is 0.233. The van der Waals surface area contributed by atoms with Crippen LogP contribution < -0.4 is 15.8 Å². The SMILES string of the molecule is NS(=O)(=O)c1ccc(CCNC(=O)CSC2=Nc3ccccc3C3=NC(=O)C(CCC(=O)NCc4ccc(F)cc4)N23)cc1. The summed E-state index contributed by atoms with van der Waals surface area (Å²) in [6, 6.07) is 18.5. The van der Waals surface area contributed by atoms with Crippen LogP contribution >= 0.6 is 11.8 Å². The molecule has 0 radical (unpaired) electrons. The van der Waals surface area contributed by atoms with E-state index in [0.717, 1.165) is 22.9 Å². The monoisotopic (exact) mass is 636 g/mol. The van der Waals surface area contributed by atoms with Gasteiger partial charge in [0, 0.05) is 25.1 Å². The number of carbonyl (C=O) groups is 3. The van der Waals surface area contributed by atoms with E-state index in [2.05, 4.69) is 15.6 Å². The lowest BCUT2D eigenvalue weighted by molar-refractivity contribution is -0.122. The second-order valence-electron chi connectivity index (χ2n) is 10.1. The second-order valence-corrected chi connectivity index (χ2v) is 12.6. The van der Waals surface area contributed by atoms with Crippen molar-refractivity contribution in [2.45, 2.75) is 36.7 Å². The minimum absolute atomic E-state index is 0.0174. The highest BCUT2D eigenvalue weighted by Gasteiger charge is 2.41. The van der Waals surface area contributed by atoms with Crippen LogP contribution in [0.3, 0.4) is 0 Å². The number of amidine groups is 2. The van der Waals surface area contributed by atoms with Gasteiger partial charge in [-0.15, -0.1) is 0 Å². The van der Waals surface area contributed by atoms with E-state index >= 15 is 0 Å². The summed E-state index contributed by atoms with van der Waals surface area (Å²) in [5, 5.41) is 11.2. The Labute approximate surface area is 257 Å². The largest absolute Gasteiger partial charge is 0.355 e. The van der Waals surface area contributed by atoms with E-state index < -0.39 is 22.0 Å². The highest BCUT2D eigenvalue weighted by Crippen LogP contribution is 2.35. The molecule has 5 rings (SSSR count). The number of amides is 3. The second kappa shape index (κ2) is 13.5. The van der Waals surface area contributed by atoms with Crippen molar-refractivity contribution >= 4 is 56.2 Å². The number of para-hydroxylation sites is 1. The fourth-order valence-electron chi connectivity index (χ4n) is 4.71. The van der Waals surface area contributed by atoms with Gasteiger partial charge in [-0.3, -0.25) is 19.3 Å². The number of halogens is 1. The van der Waals surface area contributed by atoms with Crippen LogP contribution in [0.4, 0.5) is 10.1 Å². The van der Waals surface area contributed by atoms with E-state index in [9.17, 15) is 27.2 Å². The van der Waals surface area contributed by atoms with Crippen molar-refractivity contribution in [3.05, 3.63) is 95.3 Å². The Morgan fingerprint density at radius 2 is 1.64 bits per heavy atom. The highest BCUT2D eigenvalue weighted by molar-refractivity contribution is 8.14. The van der Waals surface area contributed by atoms with E-state index in [4.69, 9.17) is 10.1 Å². The van der Waals surface area contributed by atoms with Gasteiger partial charge in [-0.2, -0.15) is 4.99 Å². The number of benzene rings is 3. The number of carbonyl (C=O) groups excluding carboxylic acids is 3. The first-order valence-electron chi connectivity index (χ1n) is 13.7. The molecule has 14 heteroatoms. The summed E-state index contributed by atoms with van der Waals surface area (Å²) in [4.78, 5) is 49.0. The molecule has 2 aliphatic heterocycles. The van der Waals surface area contributed by atoms with Gasteiger partial charge < -0.3 is 10.6 Å². The number of sulfonamides is 1. The predicted molar refractivity (Wildman–Crippen MR) is 165 cm³/mol. The van der Waals surface area contributed by atoms with Gasteiger partial charge in [0.15, 0.2) is 5.17 Å². The molecular formula is C30H29FN6O5S2. The molecule has 0 fully saturated rings. The molecule has 0 saturated heterocycles. The minimum atomic E-state index is -3.77. The van der Waals surface area contributed by atoms with Crippen molar-refractivity contribution in [1.82, 2.24) is 15.5 Å². The third-order valence-electron chi connectivity index (χ3n) is 6.98. The number of nitrogens with two attached hydrogens (primary N) is 1. The van der Waals surface area contributed by atoms with Crippen LogP contribution in [0.5, 0.6) is 0 Å². The number of nitrogens with zero attached hydrogens (tertiary/aromatic N) is 3. The molecule has 44 heavy (non-hydrogen) atoms. The van der Waals surface area contributed by atoms with Gasteiger partial charge in [0.1, 0.15) is 17.7 Å². The molecule has 2 heterocycles. The number of thioether (sulfide) groups is 1. The Morgan fingerprint density at radius 3 is 2.36 bits per heavy atom. The number of fused-ring (bicyclic) bond motifs is 3. The molecule has 0 aliphatic carbocycles. The quantitative estimate of drug-likeness (QED) is 0.291. The molecule has 4 N–H and O–H groups in total. The maximum Gasteiger partial charge on any atom is 0.270 e. The average molecular weight is 637 g/mol. The lowest BCUT2D eigenvalue weighted by Gasteiger charge is -2.31. The van der Waals surface area contributed by atoms with Crippen molar-refractivity contribution in [3.8, 4) is 0 Å². The molecule has 3 aromatic carbocycles. The molecule has 2 aliphatic rings. The summed E-state index contributed by atoms with van der Waals surface area (Å²) >= 11 is 1.16. The number of rotatable bonds is 11. The van der Waals surface area contributed by atoms with Crippen molar-refractivity contribution in [1.29, 1.82) is 0 Å². The minimum Gasteiger partial charge on any atom is -0.355 e. The predicted octanol–water partition coefficient (Wildman–Crippen LogP) is 2.62. The summed E-state index contributed by atoms with van der Waals surface area (Å²) < 4.78 is 36.0. The van der Waals surface area contributed by atoms with Crippen LogP contribution in [-0.4, -0.2) is 60.4 Å². The van der Waals surface area contributed by atoms with Gasteiger partial charge in [0.25, 0.3) is 5.91 Å². The lowest BCUT2D eigenvalue weighted by atomic mass is 10.1. The van der Waals surface area contributed by atoms with Gasteiger partial charge in [-0.25, -0.2) is 22.9 Å². The molecule has 1 unspecified atom stereocenters. The maximum atomic E-state index is 13.1. The molecule has 228 valence electrons. The Bertz CT molecular complexity index is 1740. The number of hydrogen-bond donors (Lipinski definition) is 3. The summed E-state index contributed by atoms with van der Waals surface area (Å²) in [5.41, 5.74) is 2.89. The first-order valence-corrected chi connectivity index (χ1v) is 16.2. The molecule has 1 atom stereocenters. The van der Waals surface area contributed by atoms with Gasteiger partial charge in [-0.05, 0) is 60.4 Å². The summed E-state index contributed by atoms with van der Waals surface area (Å²) in [7, 11) is -3.77. The van der Waals surface area contributed by atoms with Crippen LogP contribution in [0.15, 0.2) is 87.7 Å². The lowest BCUT2D eigenvalue weighted by Crippen LogP contribution is -2.44. The molecule has 0 saturated carbocycles. The Kier molecular flexibility index (Phi) is 9.52. The third-order valence-corrected chi connectivity index (χ3v) is 8.86. The van der Waals surface area contributed by atoms with Crippen molar-refractivity contribution in [2.24, 2.45) is 15.1 Å². The van der Waals surface area contributed by atoms with Crippen LogP contribution in [0.1, 0.15) is 29.5 Å². The Morgan fingerprint density at radius 1 is 0.932 bits per heavy atom. The van der Waals surface area contributed by atoms with Gasteiger partial charge in [-0.1, -0.05) is 48.2 Å². The first-order chi connectivity index (χ1) is 21.1. The van der Waals surface area contributed by atoms with Crippen molar-refractivity contribution < 1.29 is 27.2 Å². The molecule has 3 aromatic rings. The molecular weight excluding hydrogens is 607 g/mol. The number of hydrogen-bond acceptors (Lipinski definition) is 8. The molecule has 0 aromatic heterocycles. The smallest absolute Gasteiger partial charge is 0.270 e. The molecule has 11 nitrogen and oxygen atoms in total. The zero-order valence-electron chi connectivity index (χ0n) is 23.4. The van der Waals surface area contributed by atoms with E-state index in [1.807, 2.05) is 18.2 Å². The summed E-state index contributed by atoms with van der Waals surface area (Å²) in [6.07, 6.45) is 0.715. The van der Waals surface area contributed by atoms with E-state index in [1.165, 1.54) is 24.3 Å². The third kappa shape index (κ3) is 7.56. The zero-order chi connectivity index (χ0) is 31.3. The molecule has 3 amide bonds. The van der Waals surface area contributed by atoms with Gasteiger partial charge in [0.05, 0.1) is 16.3 Å². The maximum absolute atomic E-state index is 13.1. The average Bonchev–Trinajstić information content (AvgIpc) is 3.34. The number of aliphatic imine (C=N–C) groups is 2. The van der Waals surface area contributed by atoms with Gasteiger partial charge >= 0.3 is 0 Å². The fourth-order valence-corrected chi connectivity index (χ4v) is 6.10. The van der Waals surface area contributed by atoms with Crippen LogP contribution in [0, 0.1) is 5.82 Å². The topological polar surface area (TPSA) is 163 Å². The zero-order valence-corrected chi connectivity index (χ0v) is 25.0. The van der Waals surface area contributed by atoms with E-state index in [-0.39, 0.29) is 47.7 Å². The standard InChI is InChI=1S/C30H29FN6O5S2/c31-21-9-5-20(6-10-21)17-34-26(38)14-13-25-29(40)36-28-23-3-1-2-4-24(23)35-30(37(25)28)43-18-27(39)33-16-15-19-7-11-22(12-8-19)44(32,41)42/h1-12,25H,13-18H2,(H,33,39)(H,34,38)(H2,32,41,42). The Balaban J connectivity index is 1.18. The van der Waals surface area contributed by atoms with Crippen LogP contribution in [0.2, 0.25) is 0 Å². The van der Waals surface area contributed by atoms with Crippen molar-refractivity contribution in [3.63, 3.8) is 0 Å². The first kappa shape index (κ1) is 31.0. The van der Waals surface area contributed by atoms with Crippen LogP contribution in [-0.2, 0) is 37.4 Å². The number of primary sulfonamides is 1. The summed E-state index contributed by atoms with van der Waals surface area (Å²) in [5.74, 6) is -0.816. The number of nitrogens with one attached hydrogen (secondary N) is 2. The summed E-state index contributed by atoms with van der Waals surface area (Å²) in [6.45, 7) is 0.559. The normalized spacial score (nSPS) is 15.6. The highest BCUT2D eigenvalue weighted by atomic mass is 32.2. The Hall–Kier alpha value is -4.40. The van der Waals surface area contributed by atoms with E-state index in [0.29, 0.717) is 35.2 Å². The van der Waals surface area contributed by atoms with Crippen molar-refractivity contribution in [2.75, 3.05) is 12.3 Å². The van der Waals surface area contributed by atoms with Crippen LogP contribution in [0.25, 0.3) is 0 Å². The molecule has 0 bridgehead atoms.